The van der Waals surface area contributed by atoms with Gasteiger partial charge in [0.2, 0.25) is 0 Å². The van der Waals surface area contributed by atoms with Crippen molar-refractivity contribution in [1.82, 2.24) is 0 Å². The number of hydrogen-bond acceptors (Lipinski definition) is 0. The van der Waals surface area contributed by atoms with Crippen molar-refractivity contribution in [1.29, 1.82) is 0 Å². The van der Waals surface area contributed by atoms with Gasteiger partial charge in [-0.2, -0.15) is 0 Å². The molecule has 0 bridgehead atoms. The van der Waals surface area contributed by atoms with E-state index in [0.717, 1.165) is 5.56 Å². The predicted octanol–water partition coefficient (Wildman–Crippen LogP) is 7.24. The maximum atomic E-state index is 3.82. The second-order valence-corrected chi connectivity index (χ2v) is 8.73. The molecular weight excluding hydrogens is 300 g/mol. The number of hydrogen-bond donors (Lipinski definition) is 0. The average molecular weight is 331 g/mol. The fourth-order valence-electron chi connectivity index (χ4n) is 3.90. The van der Waals surface area contributed by atoms with Gasteiger partial charge in [0, 0.05) is 0 Å². The van der Waals surface area contributed by atoms with Crippen molar-refractivity contribution in [3.8, 4) is 0 Å². The molecule has 0 unspecified atom stereocenters. The number of benzene rings is 2. The van der Waals surface area contributed by atoms with Crippen LogP contribution in [0.15, 0.2) is 49.0 Å². The summed E-state index contributed by atoms with van der Waals surface area (Å²) in [5.74, 6) is 0. The lowest BCUT2D eigenvalue weighted by Crippen LogP contribution is -2.33. The molecule has 0 aromatic heterocycles. The van der Waals surface area contributed by atoms with Crippen LogP contribution >= 0.6 is 0 Å². The van der Waals surface area contributed by atoms with Gasteiger partial charge in [0.25, 0.3) is 0 Å². The van der Waals surface area contributed by atoms with E-state index in [2.05, 4.69) is 89.7 Å². The minimum atomic E-state index is 0.257. The fraction of sp³-hybridized carbons (Fsp3) is 0.360. The molecule has 0 spiro atoms. The highest BCUT2D eigenvalue weighted by molar-refractivity contribution is 5.81. The minimum absolute atomic E-state index is 0.257. The molecule has 130 valence electrons. The molecule has 0 fully saturated rings. The summed E-state index contributed by atoms with van der Waals surface area (Å²) in [4.78, 5) is 0. The van der Waals surface area contributed by atoms with Gasteiger partial charge in [0.15, 0.2) is 0 Å². The van der Waals surface area contributed by atoms with Gasteiger partial charge in [0.1, 0.15) is 0 Å². The Bertz CT molecular complexity index is 814. The lowest BCUT2D eigenvalue weighted by Gasteiger charge is -2.42. The maximum Gasteiger partial charge on any atom is -0.0100 e. The van der Waals surface area contributed by atoms with Crippen molar-refractivity contribution in [2.45, 2.75) is 58.3 Å². The smallest absolute Gasteiger partial charge is 0.0100 e. The SMILES string of the molecule is C=Cc1ccc(/C=C(\C)c2ccc3c(c2)C(C)(C)CCC3(C)C)cc1. The molecular formula is C25H30. The van der Waals surface area contributed by atoms with Crippen molar-refractivity contribution >= 4 is 17.7 Å². The summed E-state index contributed by atoms with van der Waals surface area (Å²) in [7, 11) is 0. The summed E-state index contributed by atoms with van der Waals surface area (Å²) >= 11 is 0. The van der Waals surface area contributed by atoms with Gasteiger partial charge < -0.3 is 0 Å². The summed E-state index contributed by atoms with van der Waals surface area (Å²) in [5.41, 5.74) is 8.62. The molecule has 0 saturated carbocycles. The summed E-state index contributed by atoms with van der Waals surface area (Å²) in [6, 6.07) is 15.6. The van der Waals surface area contributed by atoms with Gasteiger partial charge in [0.05, 0.1) is 0 Å². The van der Waals surface area contributed by atoms with E-state index in [-0.39, 0.29) is 10.8 Å². The van der Waals surface area contributed by atoms with Crippen LogP contribution in [-0.2, 0) is 10.8 Å². The van der Waals surface area contributed by atoms with Crippen LogP contribution in [0.3, 0.4) is 0 Å². The second-order valence-electron chi connectivity index (χ2n) is 8.73. The van der Waals surface area contributed by atoms with E-state index < -0.39 is 0 Å². The van der Waals surface area contributed by atoms with E-state index >= 15 is 0 Å². The molecule has 0 heteroatoms. The Kier molecular flexibility index (Phi) is 4.49. The normalized spacial score (nSPS) is 18.5. The summed E-state index contributed by atoms with van der Waals surface area (Å²) in [6.45, 7) is 15.6. The average Bonchev–Trinajstić information content (AvgIpc) is 2.59. The molecule has 2 aromatic carbocycles. The Balaban J connectivity index is 2.00. The van der Waals surface area contributed by atoms with E-state index in [4.69, 9.17) is 0 Å². The van der Waals surface area contributed by atoms with Crippen LogP contribution in [0.5, 0.6) is 0 Å². The Morgan fingerprint density at radius 3 is 2.00 bits per heavy atom. The quantitative estimate of drug-likeness (QED) is 0.520. The molecule has 0 radical (unpaired) electrons. The molecule has 0 N–H and O–H groups in total. The first kappa shape index (κ1) is 17.7. The summed E-state index contributed by atoms with van der Waals surface area (Å²) in [5, 5.41) is 0. The first-order chi connectivity index (χ1) is 11.7. The molecule has 0 heterocycles. The van der Waals surface area contributed by atoms with Crippen LogP contribution in [0, 0.1) is 0 Å². The number of rotatable bonds is 3. The standard InChI is InChI=1S/C25H30/c1-7-19-8-10-20(11-9-19)16-18(2)21-12-13-22-23(17-21)25(5,6)15-14-24(22,3)4/h7-13,16-17H,1,14-15H2,2-6H3/b18-16+. The summed E-state index contributed by atoms with van der Waals surface area (Å²) in [6.07, 6.45) is 6.67. The van der Waals surface area contributed by atoms with Crippen LogP contribution in [0.25, 0.3) is 17.7 Å². The van der Waals surface area contributed by atoms with Gasteiger partial charge in [-0.3, -0.25) is 0 Å². The van der Waals surface area contributed by atoms with Crippen molar-refractivity contribution in [2.75, 3.05) is 0 Å². The molecule has 0 amide bonds. The van der Waals surface area contributed by atoms with Crippen molar-refractivity contribution in [3.05, 3.63) is 76.9 Å². The zero-order valence-corrected chi connectivity index (χ0v) is 16.3. The minimum Gasteiger partial charge on any atom is -0.0985 e. The van der Waals surface area contributed by atoms with E-state index in [9.17, 15) is 0 Å². The highest BCUT2D eigenvalue weighted by atomic mass is 14.4. The van der Waals surface area contributed by atoms with Crippen molar-refractivity contribution < 1.29 is 0 Å². The van der Waals surface area contributed by atoms with Crippen LogP contribution in [0.1, 0.15) is 75.3 Å². The zero-order valence-electron chi connectivity index (χ0n) is 16.3. The monoisotopic (exact) mass is 330 g/mol. The number of fused-ring (bicyclic) bond motifs is 1. The fourth-order valence-corrected chi connectivity index (χ4v) is 3.90. The van der Waals surface area contributed by atoms with E-state index in [0.29, 0.717) is 0 Å². The third-order valence-corrected chi connectivity index (χ3v) is 5.86. The molecule has 2 aromatic rings. The number of allylic oxidation sites excluding steroid dienone is 1. The second kappa shape index (κ2) is 6.33. The lowest BCUT2D eigenvalue weighted by molar-refractivity contribution is 0.332. The Hall–Kier alpha value is -2.08. The van der Waals surface area contributed by atoms with Gasteiger partial charge >= 0.3 is 0 Å². The Morgan fingerprint density at radius 2 is 1.40 bits per heavy atom. The van der Waals surface area contributed by atoms with Crippen LogP contribution in [-0.4, -0.2) is 0 Å². The molecule has 0 atom stereocenters. The van der Waals surface area contributed by atoms with Gasteiger partial charge in [-0.15, -0.1) is 0 Å². The highest BCUT2D eigenvalue weighted by Crippen LogP contribution is 2.46. The van der Waals surface area contributed by atoms with E-state index in [1.54, 1.807) is 0 Å². The van der Waals surface area contributed by atoms with E-state index in [1.807, 2.05) is 6.08 Å². The molecule has 0 aliphatic heterocycles. The topological polar surface area (TPSA) is 0 Å². The lowest BCUT2D eigenvalue weighted by atomic mass is 9.63. The van der Waals surface area contributed by atoms with Gasteiger partial charge in [-0.1, -0.05) is 88.9 Å². The summed E-state index contributed by atoms with van der Waals surface area (Å²) < 4.78 is 0. The third kappa shape index (κ3) is 3.49. The maximum absolute atomic E-state index is 3.82. The zero-order chi connectivity index (χ0) is 18.2. The van der Waals surface area contributed by atoms with Gasteiger partial charge in [-0.05, 0) is 64.0 Å². The molecule has 1 aliphatic carbocycles. The molecule has 3 rings (SSSR count). The first-order valence-electron chi connectivity index (χ1n) is 9.29. The van der Waals surface area contributed by atoms with Crippen LogP contribution in [0.4, 0.5) is 0 Å². The Labute approximate surface area is 153 Å². The first-order valence-corrected chi connectivity index (χ1v) is 9.29. The van der Waals surface area contributed by atoms with Crippen LogP contribution in [0.2, 0.25) is 0 Å². The molecule has 0 saturated heterocycles. The molecule has 0 nitrogen and oxygen atoms in total. The molecule has 25 heavy (non-hydrogen) atoms. The van der Waals surface area contributed by atoms with Crippen molar-refractivity contribution in [3.63, 3.8) is 0 Å². The third-order valence-electron chi connectivity index (χ3n) is 5.86. The van der Waals surface area contributed by atoms with Crippen molar-refractivity contribution in [2.24, 2.45) is 0 Å². The Morgan fingerprint density at radius 1 is 0.840 bits per heavy atom. The predicted molar refractivity (Wildman–Crippen MR) is 112 cm³/mol. The molecule has 1 aliphatic rings. The largest absolute Gasteiger partial charge is 0.0985 e. The van der Waals surface area contributed by atoms with Gasteiger partial charge in [-0.25, -0.2) is 0 Å². The van der Waals surface area contributed by atoms with Crippen LogP contribution < -0.4 is 0 Å². The highest BCUT2D eigenvalue weighted by Gasteiger charge is 2.36. The van der Waals surface area contributed by atoms with E-state index in [1.165, 1.54) is 40.7 Å².